The molecule has 0 aliphatic heterocycles. The highest BCUT2D eigenvalue weighted by molar-refractivity contribution is 5.67. The molecule has 98 valence electrons. The monoisotopic (exact) mass is 255 g/mol. The molecule has 0 bridgehead atoms. The molecule has 19 heavy (non-hydrogen) atoms. The summed E-state index contributed by atoms with van der Waals surface area (Å²) in [4.78, 5) is 4.41. The van der Waals surface area contributed by atoms with E-state index in [2.05, 4.69) is 24.0 Å². The van der Waals surface area contributed by atoms with Gasteiger partial charge in [0.2, 0.25) is 0 Å². The first kappa shape index (κ1) is 12.0. The van der Waals surface area contributed by atoms with E-state index in [-0.39, 0.29) is 0 Å². The van der Waals surface area contributed by atoms with Gasteiger partial charge in [0, 0.05) is 17.7 Å². The molecule has 1 aliphatic carbocycles. The molecule has 2 N–H and O–H groups in total. The lowest BCUT2D eigenvalue weighted by atomic mass is 10.1. The van der Waals surface area contributed by atoms with Crippen molar-refractivity contribution in [3.8, 4) is 0 Å². The maximum atomic E-state index is 5.72. The number of benzene rings is 1. The number of nitrogens with two attached hydrogens (primary N) is 1. The summed E-state index contributed by atoms with van der Waals surface area (Å²) in [5.41, 5.74) is 7.81. The zero-order valence-corrected chi connectivity index (χ0v) is 11.1. The third kappa shape index (κ3) is 2.52. The second kappa shape index (κ2) is 4.23. The lowest BCUT2D eigenvalue weighted by molar-refractivity contribution is 0.400. The zero-order valence-electron chi connectivity index (χ0n) is 11.1. The molecule has 0 radical (unpaired) electrons. The maximum absolute atomic E-state index is 5.72. The van der Waals surface area contributed by atoms with E-state index in [0.717, 1.165) is 23.5 Å². The summed E-state index contributed by atoms with van der Waals surface area (Å²) in [6, 6.07) is 7.66. The minimum Gasteiger partial charge on any atom is -0.399 e. The molecule has 1 aromatic heterocycles. The lowest BCUT2D eigenvalue weighted by Crippen LogP contribution is -1.91. The summed E-state index contributed by atoms with van der Waals surface area (Å²) in [6.45, 7) is 4.44. The van der Waals surface area contributed by atoms with Crippen LogP contribution < -0.4 is 5.73 Å². The second-order valence-corrected chi connectivity index (χ2v) is 5.74. The van der Waals surface area contributed by atoms with Crippen molar-refractivity contribution >= 4 is 17.8 Å². The molecular weight excluding hydrogens is 238 g/mol. The van der Waals surface area contributed by atoms with E-state index in [0.29, 0.717) is 17.2 Å². The quantitative estimate of drug-likeness (QED) is 0.854. The second-order valence-electron chi connectivity index (χ2n) is 5.74. The van der Waals surface area contributed by atoms with Gasteiger partial charge in [-0.15, -0.1) is 0 Å². The first-order valence-corrected chi connectivity index (χ1v) is 6.42. The summed E-state index contributed by atoms with van der Waals surface area (Å²) in [5.74, 6) is 1.79. The number of hydrogen-bond acceptors (Lipinski definition) is 4. The van der Waals surface area contributed by atoms with Crippen molar-refractivity contribution in [3.63, 3.8) is 0 Å². The highest BCUT2D eigenvalue weighted by Crippen LogP contribution is 2.57. The Morgan fingerprint density at radius 1 is 1.37 bits per heavy atom. The highest BCUT2D eigenvalue weighted by Gasteiger charge is 2.49. The molecule has 4 nitrogen and oxygen atoms in total. The van der Waals surface area contributed by atoms with E-state index < -0.39 is 0 Å². The van der Waals surface area contributed by atoms with Crippen LogP contribution in [-0.4, -0.2) is 10.1 Å². The molecule has 0 saturated heterocycles. The number of nitrogens with zero attached hydrogens (tertiary/aromatic N) is 2. The van der Waals surface area contributed by atoms with E-state index in [1.165, 1.54) is 0 Å². The number of nitrogen functional groups attached to an aromatic ring is 1. The van der Waals surface area contributed by atoms with E-state index in [1.807, 2.05) is 36.4 Å². The summed E-state index contributed by atoms with van der Waals surface area (Å²) >= 11 is 0. The van der Waals surface area contributed by atoms with Crippen LogP contribution in [0.4, 0.5) is 5.69 Å². The Labute approximate surface area is 112 Å². The van der Waals surface area contributed by atoms with Crippen LogP contribution in [0.3, 0.4) is 0 Å². The van der Waals surface area contributed by atoms with Gasteiger partial charge in [-0.3, -0.25) is 0 Å². The van der Waals surface area contributed by atoms with Gasteiger partial charge in [-0.05, 0) is 35.6 Å². The van der Waals surface area contributed by atoms with E-state index in [9.17, 15) is 0 Å². The Kier molecular flexibility index (Phi) is 2.66. The molecule has 0 spiro atoms. The van der Waals surface area contributed by atoms with Crippen molar-refractivity contribution in [3.05, 3.63) is 41.5 Å². The van der Waals surface area contributed by atoms with Gasteiger partial charge in [-0.2, -0.15) is 4.98 Å². The van der Waals surface area contributed by atoms with Gasteiger partial charge in [0.05, 0.1) is 0 Å². The van der Waals surface area contributed by atoms with Crippen LogP contribution in [0, 0.1) is 5.41 Å². The third-order valence-electron chi connectivity index (χ3n) is 3.61. The predicted molar refractivity (Wildman–Crippen MR) is 75.2 cm³/mol. The van der Waals surface area contributed by atoms with E-state index in [4.69, 9.17) is 10.3 Å². The van der Waals surface area contributed by atoms with Crippen LogP contribution in [0.25, 0.3) is 12.2 Å². The summed E-state index contributed by atoms with van der Waals surface area (Å²) < 4.78 is 5.23. The average Bonchev–Trinajstić information content (AvgIpc) is 2.81. The van der Waals surface area contributed by atoms with Gasteiger partial charge in [0.1, 0.15) is 0 Å². The summed E-state index contributed by atoms with van der Waals surface area (Å²) in [6.07, 6.45) is 4.87. The number of hydrogen-bond donors (Lipinski definition) is 1. The van der Waals surface area contributed by atoms with Gasteiger partial charge in [0.25, 0.3) is 5.89 Å². The SMILES string of the molecule is CC1(C)CC1c1noc(/C=C/c2cccc(N)c2)n1. The summed E-state index contributed by atoms with van der Waals surface area (Å²) in [5, 5.41) is 4.04. The lowest BCUT2D eigenvalue weighted by Gasteiger charge is -1.95. The Morgan fingerprint density at radius 2 is 2.16 bits per heavy atom. The number of rotatable bonds is 3. The van der Waals surface area contributed by atoms with Gasteiger partial charge in [0.15, 0.2) is 5.82 Å². The van der Waals surface area contributed by atoms with Crippen LogP contribution in [0.15, 0.2) is 28.8 Å². The standard InChI is InChI=1S/C15H17N3O/c1-15(2)9-12(15)14-17-13(19-18-14)7-6-10-4-3-5-11(16)8-10/h3-8,12H,9,16H2,1-2H3/b7-6+. The van der Waals surface area contributed by atoms with E-state index in [1.54, 1.807) is 0 Å². The first-order valence-electron chi connectivity index (χ1n) is 6.42. The van der Waals surface area contributed by atoms with Gasteiger partial charge in [-0.1, -0.05) is 31.1 Å². The van der Waals surface area contributed by atoms with Crippen molar-refractivity contribution in [2.45, 2.75) is 26.2 Å². The maximum Gasteiger partial charge on any atom is 0.250 e. The molecular formula is C15H17N3O. The molecule has 0 amide bonds. The fourth-order valence-corrected chi connectivity index (χ4v) is 2.19. The van der Waals surface area contributed by atoms with Crippen LogP contribution >= 0.6 is 0 Å². The third-order valence-corrected chi connectivity index (χ3v) is 3.61. The van der Waals surface area contributed by atoms with Crippen molar-refractivity contribution in [2.75, 3.05) is 5.73 Å². The fourth-order valence-electron chi connectivity index (χ4n) is 2.19. The van der Waals surface area contributed by atoms with Crippen molar-refractivity contribution in [2.24, 2.45) is 5.41 Å². The van der Waals surface area contributed by atoms with Crippen molar-refractivity contribution < 1.29 is 4.52 Å². The Hall–Kier alpha value is -2.10. The molecule has 1 aliphatic rings. The Balaban J connectivity index is 1.74. The molecule has 1 atom stereocenters. The molecule has 1 aromatic carbocycles. The first-order chi connectivity index (χ1) is 9.04. The molecule has 3 rings (SSSR count). The van der Waals surface area contributed by atoms with Crippen LogP contribution in [0.1, 0.15) is 43.5 Å². The van der Waals surface area contributed by atoms with Crippen LogP contribution in [-0.2, 0) is 0 Å². The van der Waals surface area contributed by atoms with Crippen LogP contribution in [0.2, 0.25) is 0 Å². The minimum atomic E-state index is 0.318. The zero-order chi connectivity index (χ0) is 13.5. The van der Waals surface area contributed by atoms with Gasteiger partial charge >= 0.3 is 0 Å². The van der Waals surface area contributed by atoms with Crippen molar-refractivity contribution in [1.82, 2.24) is 10.1 Å². The van der Waals surface area contributed by atoms with Gasteiger partial charge in [-0.25, -0.2) is 0 Å². The smallest absolute Gasteiger partial charge is 0.250 e. The molecule has 1 unspecified atom stereocenters. The molecule has 1 fully saturated rings. The van der Waals surface area contributed by atoms with Crippen LogP contribution in [0.5, 0.6) is 0 Å². The molecule has 4 heteroatoms. The normalized spacial score (nSPS) is 20.8. The molecule has 1 heterocycles. The highest BCUT2D eigenvalue weighted by atomic mass is 16.5. The van der Waals surface area contributed by atoms with E-state index >= 15 is 0 Å². The van der Waals surface area contributed by atoms with Gasteiger partial charge < -0.3 is 10.3 Å². The fraction of sp³-hybridized carbons (Fsp3) is 0.333. The van der Waals surface area contributed by atoms with Crippen molar-refractivity contribution in [1.29, 1.82) is 0 Å². The summed E-state index contributed by atoms with van der Waals surface area (Å²) in [7, 11) is 0. The Bertz CT molecular complexity index is 628. The topological polar surface area (TPSA) is 64.9 Å². The predicted octanol–water partition coefficient (Wildman–Crippen LogP) is 3.34. The average molecular weight is 255 g/mol. The largest absolute Gasteiger partial charge is 0.399 e. The molecule has 1 saturated carbocycles. The minimum absolute atomic E-state index is 0.318. The number of anilines is 1. The number of aromatic nitrogens is 2. The Morgan fingerprint density at radius 3 is 2.84 bits per heavy atom. The molecule has 2 aromatic rings.